The molecule has 4 nitrogen and oxygen atoms in total. The van der Waals surface area contributed by atoms with Gasteiger partial charge >= 0.3 is 5.97 Å². The van der Waals surface area contributed by atoms with Crippen LogP contribution in [0.3, 0.4) is 0 Å². The van der Waals surface area contributed by atoms with Gasteiger partial charge in [0.05, 0.1) is 12.7 Å². The van der Waals surface area contributed by atoms with Crippen LogP contribution in [0.15, 0.2) is 11.6 Å². The molecule has 156 valence electrons. The maximum Gasteiger partial charge on any atom is 0.374 e. The summed E-state index contributed by atoms with van der Waals surface area (Å²) in [6.07, 6.45) is 16.3. The predicted octanol–water partition coefficient (Wildman–Crippen LogP) is 5.52. The number of esters is 1. The van der Waals surface area contributed by atoms with E-state index in [1.54, 1.807) is 0 Å². The van der Waals surface area contributed by atoms with Crippen LogP contribution in [-0.4, -0.2) is 29.6 Å². The molecule has 0 unspecified atom stereocenters. The Morgan fingerprint density at radius 2 is 1.78 bits per heavy atom. The third-order valence-electron chi connectivity index (χ3n) is 5.47. The second-order valence-electron chi connectivity index (χ2n) is 7.85. The van der Waals surface area contributed by atoms with Gasteiger partial charge in [-0.1, -0.05) is 64.0 Å². The van der Waals surface area contributed by atoms with Gasteiger partial charge in [0.25, 0.3) is 0 Å². The van der Waals surface area contributed by atoms with E-state index < -0.39 is 11.8 Å². The first-order valence-corrected chi connectivity index (χ1v) is 11.2. The smallest absolute Gasteiger partial charge is 0.374 e. The van der Waals surface area contributed by atoms with Crippen LogP contribution in [0.5, 0.6) is 0 Å². The van der Waals surface area contributed by atoms with Gasteiger partial charge in [-0.15, -0.1) is 0 Å². The van der Waals surface area contributed by atoms with Crippen LogP contribution in [0, 0.1) is 5.92 Å². The van der Waals surface area contributed by atoms with Crippen molar-refractivity contribution in [2.45, 2.75) is 110 Å². The van der Waals surface area contributed by atoms with E-state index in [-0.39, 0.29) is 12.5 Å². The van der Waals surface area contributed by atoms with Gasteiger partial charge in [-0.3, -0.25) is 4.79 Å². The Hall–Kier alpha value is -1.16. The molecular formula is C23H40O4. The largest absolute Gasteiger partial charge is 0.460 e. The van der Waals surface area contributed by atoms with Gasteiger partial charge in [-0.25, -0.2) is 4.79 Å². The zero-order valence-corrected chi connectivity index (χ0v) is 17.5. The number of aliphatic hydroxyl groups is 1. The fourth-order valence-corrected chi connectivity index (χ4v) is 3.82. The van der Waals surface area contributed by atoms with Crippen molar-refractivity contribution >= 4 is 11.8 Å². The first-order chi connectivity index (χ1) is 13.1. The molecule has 1 saturated carbocycles. The monoisotopic (exact) mass is 380 g/mol. The number of ether oxygens (including phenoxy) is 1. The van der Waals surface area contributed by atoms with E-state index in [4.69, 9.17) is 4.74 Å². The number of aliphatic hydroxyl groups excluding tert-OH is 1. The lowest BCUT2D eigenvalue weighted by Crippen LogP contribution is -2.17. The second kappa shape index (κ2) is 14.8. The Morgan fingerprint density at radius 1 is 1.04 bits per heavy atom. The molecule has 0 amide bonds. The maximum absolute atomic E-state index is 11.7. The van der Waals surface area contributed by atoms with Gasteiger partial charge in [0.1, 0.15) is 0 Å². The van der Waals surface area contributed by atoms with Crippen molar-refractivity contribution in [1.29, 1.82) is 0 Å². The zero-order chi connectivity index (χ0) is 19.9. The van der Waals surface area contributed by atoms with E-state index >= 15 is 0 Å². The summed E-state index contributed by atoms with van der Waals surface area (Å²) >= 11 is 0. The molecule has 27 heavy (non-hydrogen) atoms. The summed E-state index contributed by atoms with van der Waals surface area (Å²) in [5.74, 6) is -0.800. The quantitative estimate of drug-likeness (QED) is 0.176. The average molecular weight is 381 g/mol. The lowest BCUT2D eigenvalue weighted by atomic mass is 9.92. The topological polar surface area (TPSA) is 63.6 Å². The van der Waals surface area contributed by atoms with E-state index in [0.29, 0.717) is 12.5 Å². The summed E-state index contributed by atoms with van der Waals surface area (Å²) in [7, 11) is 0. The number of rotatable bonds is 15. The number of carbonyl (C=O) groups is 2. The molecule has 4 heteroatoms. The molecular weight excluding hydrogens is 340 g/mol. The van der Waals surface area contributed by atoms with Gasteiger partial charge in [0.15, 0.2) is 0 Å². The number of allylic oxidation sites excluding steroid dienone is 1. The summed E-state index contributed by atoms with van der Waals surface area (Å²) < 4.78 is 4.86. The fraction of sp³-hybridized carbons (Fsp3) is 0.826. The minimum absolute atomic E-state index is 0.206. The highest BCUT2D eigenvalue weighted by Crippen LogP contribution is 2.35. The van der Waals surface area contributed by atoms with E-state index in [9.17, 15) is 14.7 Å². The number of unbranched alkanes of at least 4 members (excludes halogenated alkanes) is 7. The summed E-state index contributed by atoms with van der Waals surface area (Å²) in [6, 6.07) is 0. The molecule has 0 spiro atoms. The fourth-order valence-electron chi connectivity index (χ4n) is 3.82. The van der Waals surface area contributed by atoms with E-state index in [0.717, 1.165) is 51.4 Å². The maximum atomic E-state index is 11.7. The molecule has 0 aromatic heterocycles. The first-order valence-electron chi connectivity index (χ1n) is 11.2. The van der Waals surface area contributed by atoms with Gasteiger partial charge in [0.2, 0.25) is 5.78 Å². The molecule has 1 rings (SSSR count). The van der Waals surface area contributed by atoms with E-state index in [1.165, 1.54) is 37.7 Å². The van der Waals surface area contributed by atoms with Crippen LogP contribution >= 0.6 is 0 Å². The Bertz CT molecular complexity index is 455. The Morgan fingerprint density at radius 3 is 2.52 bits per heavy atom. The predicted molar refractivity (Wildman–Crippen MR) is 110 cm³/mol. The lowest BCUT2D eigenvalue weighted by Gasteiger charge is -2.16. The molecule has 0 aliphatic heterocycles. The van der Waals surface area contributed by atoms with Crippen molar-refractivity contribution < 1.29 is 19.4 Å². The molecule has 0 saturated heterocycles. The highest BCUT2D eigenvalue weighted by atomic mass is 16.5. The molecule has 0 bridgehead atoms. The van der Waals surface area contributed by atoms with Gasteiger partial charge < -0.3 is 9.84 Å². The molecule has 1 aliphatic carbocycles. The van der Waals surface area contributed by atoms with Crippen molar-refractivity contribution in [1.82, 2.24) is 0 Å². The van der Waals surface area contributed by atoms with Crippen LogP contribution in [0.1, 0.15) is 104 Å². The van der Waals surface area contributed by atoms with Gasteiger partial charge in [-0.2, -0.15) is 0 Å². The molecule has 0 heterocycles. The van der Waals surface area contributed by atoms with Crippen molar-refractivity contribution in [3.05, 3.63) is 11.6 Å². The molecule has 2 atom stereocenters. The Kier molecular flexibility index (Phi) is 13.1. The van der Waals surface area contributed by atoms with Crippen LogP contribution in [0.2, 0.25) is 0 Å². The van der Waals surface area contributed by atoms with Crippen LogP contribution in [0.25, 0.3) is 0 Å². The molecule has 1 N–H and O–H groups in total. The lowest BCUT2D eigenvalue weighted by molar-refractivity contribution is -0.153. The van der Waals surface area contributed by atoms with Crippen LogP contribution < -0.4 is 0 Å². The van der Waals surface area contributed by atoms with Crippen LogP contribution in [-0.2, 0) is 14.3 Å². The molecule has 0 aromatic rings. The standard InChI is InChI=1S/C23H40O4/c1-3-5-6-7-8-10-13-19-16-17-21(24)20(19)14-11-9-12-15-22(25)23(26)27-18-4-2/h13,20-21,24H,3-12,14-18H2,1-2H3/t20-,21-/m1/s1. The summed E-state index contributed by atoms with van der Waals surface area (Å²) in [5.41, 5.74) is 1.44. The minimum atomic E-state index is -0.688. The zero-order valence-electron chi connectivity index (χ0n) is 17.5. The highest BCUT2D eigenvalue weighted by Gasteiger charge is 2.28. The molecule has 0 radical (unpaired) electrons. The third-order valence-corrected chi connectivity index (χ3v) is 5.47. The molecule has 0 aromatic carbocycles. The average Bonchev–Trinajstić information content (AvgIpc) is 3.01. The van der Waals surface area contributed by atoms with Gasteiger partial charge in [-0.05, 0) is 44.9 Å². The molecule has 1 aliphatic rings. The number of Topliss-reactive ketones (excluding diaryl/α,β-unsaturated/α-hetero) is 1. The number of hydrogen-bond donors (Lipinski definition) is 1. The number of ketones is 1. The van der Waals surface area contributed by atoms with Crippen molar-refractivity contribution in [2.24, 2.45) is 5.92 Å². The number of carbonyl (C=O) groups excluding carboxylic acids is 2. The first kappa shape index (κ1) is 23.9. The normalized spacial score (nSPS) is 20.9. The van der Waals surface area contributed by atoms with Crippen molar-refractivity contribution in [3.8, 4) is 0 Å². The van der Waals surface area contributed by atoms with Crippen molar-refractivity contribution in [2.75, 3.05) is 6.61 Å². The third kappa shape index (κ3) is 10.1. The summed E-state index contributed by atoms with van der Waals surface area (Å²) in [4.78, 5) is 23.1. The van der Waals surface area contributed by atoms with E-state index in [2.05, 4.69) is 13.0 Å². The number of hydrogen-bond acceptors (Lipinski definition) is 4. The Balaban J connectivity index is 2.21. The SMILES string of the molecule is CCCCCCCC=C1CC[C@@H](O)[C@@H]1CCCCCC(=O)C(=O)OCCC. The van der Waals surface area contributed by atoms with Gasteiger partial charge in [0, 0.05) is 12.3 Å². The Labute approximate surface area is 165 Å². The van der Waals surface area contributed by atoms with Crippen molar-refractivity contribution in [3.63, 3.8) is 0 Å². The second-order valence-corrected chi connectivity index (χ2v) is 7.85. The summed E-state index contributed by atoms with van der Waals surface area (Å²) in [5, 5.41) is 10.3. The summed E-state index contributed by atoms with van der Waals surface area (Å²) in [6.45, 7) is 4.46. The van der Waals surface area contributed by atoms with Crippen LogP contribution in [0.4, 0.5) is 0 Å². The minimum Gasteiger partial charge on any atom is -0.460 e. The highest BCUT2D eigenvalue weighted by molar-refractivity contribution is 6.33. The molecule has 1 fully saturated rings. The van der Waals surface area contributed by atoms with E-state index in [1.807, 2.05) is 6.92 Å².